The standard InChI is InChI=1S/C15H21BN2O3/c1-13(2)10-7-9(8-17-11(10)18-12(13)19)16-20-14(3,4)15(5,6)21-16/h7-8H,1-6H3,(H,17,18,19). The van der Waals surface area contributed by atoms with Gasteiger partial charge in [-0.15, -0.1) is 0 Å². The van der Waals surface area contributed by atoms with Gasteiger partial charge >= 0.3 is 7.12 Å². The van der Waals surface area contributed by atoms with Crippen molar-refractivity contribution in [3.05, 3.63) is 17.8 Å². The Bertz CT molecular complexity index is 609. The van der Waals surface area contributed by atoms with Crippen LogP contribution in [0.2, 0.25) is 0 Å². The lowest BCUT2D eigenvalue weighted by Crippen LogP contribution is -2.41. The zero-order valence-electron chi connectivity index (χ0n) is 13.4. The normalized spacial score (nSPS) is 24.9. The summed E-state index contributed by atoms with van der Waals surface area (Å²) in [5.41, 5.74) is 0.374. The molecule has 1 fully saturated rings. The average molecular weight is 288 g/mol. The first-order chi connectivity index (χ1) is 9.54. The first-order valence-corrected chi connectivity index (χ1v) is 7.22. The zero-order chi connectivity index (χ0) is 15.6. The fraction of sp³-hybridized carbons (Fsp3) is 0.600. The number of carbonyl (C=O) groups excluding carboxylic acids is 1. The van der Waals surface area contributed by atoms with Crippen LogP contribution >= 0.6 is 0 Å². The fourth-order valence-electron chi connectivity index (χ4n) is 2.55. The molecular formula is C15H21BN2O3. The zero-order valence-corrected chi connectivity index (χ0v) is 13.4. The third kappa shape index (κ3) is 2.00. The van der Waals surface area contributed by atoms with Gasteiger partial charge in [0.25, 0.3) is 0 Å². The molecule has 6 heteroatoms. The molecule has 1 amide bonds. The van der Waals surface area contributed by atoms with Crippen LogP contribution in [0.5, 0.6) is 0 Å². The molecule has 112 valence electrons. The smallest absolute Gasteiger partial charge is 0.399 e. The lowest BCUT2D eigenvalue weighted by molar-refractivity contribution is -0.119. The van der Waals surface area contributed by atoms with Crippen molar-refractivity contribution in [2.75, 3.05) is 5.32 Å². The van der Waals surface area contributed by atoms with E-state index < -0.39 is 12.5 Å². The first kappa shape index (κ1) is 14.5. The average Bonchev–Trinajstić information content (AvgIpc) is 2.71. The number of amides is 1. The number of anilines is 1. The second kappa shape index (κ2) is 4.08. The number of nitrogens with zero attached hydrogens (tertiary/aromatic N) is 1. The lowest BCUT2D eigenvalue weighted by Gasteiger charge is -2.32. The van der Waals surface area contributed by atoms with Crippen molar-refractivity contribution in [3.63, 3.8) is 0 Å². The minimum absolute atomic E-state index is 0.0314. The third-order valence-electron chi connectivity index (χ3n) is 4.91. The van der Waals surface area contributed by atoms with E-state index in [4.69, 9.17) is 9.31 Å². The Kier molecular flexibility index (Phi) is 2.82. The maximum absolute atomic E-state index is 12.0. The topological polar surface area (TPSA) is 60.5 Å². The molecule has 0 atom stereocenters. The number of rotatable bonds is 1. The van der Waals surface area contributed by atoms with Gasteiger partial charge in [-0.3, -0.25) is 4.79 Å². The van der Waals surface area contributed by atoms with Gasteiger partial charge in [-0.2, -0.15) is 0 Å². The Morgan fingerprint density at radius 3 is 2.24 bits per heavy atom. The summed E-state index contributed by atoms with van der Waals surface area (Å²) >= 11 is 0. The minimum atomic E-state index is -0.581. The molecule has 3 heterocycles. The van der Waals surface area contributed by atoms with E-state index in [0.717, 1.165) is 11.0 Å². The SMILES string of the molecule is CC1(C)C(=O)Nc2ncc(B3OC(C)(C)C(C)(C)O3)cc21. The summed E-state index contributed by atoms with van der Waals surface area (Å²) in [6, 6.07) is 1.96. The largest absolute Gasteiger partial charge is 0.496 e. The second-order valence-corrected chi connectivity index (χ2v) is 7.33. The molecule has 0 aliphatic carbocycles. The molecule has 0 aromatic carbocycles. The molecule has 2 aliphatic heterocycles. The first-order valence-electron chi connectivity index (χ1n) is 7.22. The number of carbonyl (C=O) groups is 1. The fourth-order valence-corrected chi connectivity index (χ4v) is 2.55. The Labute approximate surface area is 125 Å². The summed E-state index contributed by atoms with van der Waals surface area (Å²) < 4.78 is 12.1. The molecule has 3 rings (SSSR count). The minimum Gasteiger partial charge on any atom is -0.399 e. The summed E-state index contributed by atoms with van der Waals surface area (Å²) in [5, 5.41) is 2.81. The number of pyridine rings is 1. The van der Waals surface area contributed by atoms with Crippen molar-refractivity contribution in [3.8, 4) is 0 Å². The molecular weight excluding hydrogens is 267 g/mol. The number of nitrogens with one attached hydrogen (secondary N) is 1. The van der Waals surface area contributed by atoms with Crippen LogP contribution in [0.1, 0.15) is 47.1 Å². The Balaban J connectivity index is 1.97. The Morgan fingerprint density at radius 1 is 1.10 bits per heavy atom. The van der Waals surface area contributed by atoms with Crippen molar-refractivity contribution in [1.82, 2.24) is 4.98 Å². The van der Waals surface area contributed by atoms with E-state index in [1.807, 2.05) is 47.6 Å². The molecule has 0 radical (unpaired) electrons. The number of hydrogen-bond donors (Lipinski definition) is 1. The Hall–Kier alpha value is -1.40. The van der Waals surface area contributed by atoms with Crippen LogP contribution < -0.4 is 10.8 Å². The van der Waals surface area contributed by atoms with Gasteiger partial charge in [0.05, 0.1) is 16.6 Å². The van der Waals surface area contributed by atoms with Crippen molar-refractivity contribution in [2.24, 2.45) is 0 Å². The summed E-state index contributed by atoms with van der Waals surface area (Å²) in [6.07, 6.45) is 1.71. The van der Waals surface area contributed by atoms with Gasteiger partial charge in [0, 0.05) is 17.2 Å². The molecule has 21 heavy (non-hydrogen) atoms. The quantitative estimate of drug-likeness (QED) is 0.798. The van der Waals surface area contributed by atoms with Crippen LogP contribution in [-0.2, 0) is 19.5 Å². The summed E-state index contributed by atoms with van der Waals surface area (Å²) in [6.45, 7) is 11.9. The number of aromatic nitrogens is 1. The van der Waals surface area contributed by atoms with E-state index in [1.54, 1.807) is 6.20 Å². The highest BCUT2D eigenvalue weighted by Gasteiger charge is 2.52. The van der Waals surface area contributed by atoms with Crippen molar-refractivity contribution >= 4 is 24.3 Å². The van der Waals surface area contributed by atoms with E-state index >= 15 is 0 Å². The van der Waals surface area contributed by atoms with Gasteiger partial charge in [-0.1, -0.05) is 6.07 Å². The van der Waals surface area contributed by atoms with E-state index in [-0.39, 0.29) is 17.1 Å². The molecule has 1 saturated heterocycles. The lowest BCUT2D eigenvalue weighted by atomic mass is 9.77. The maximum Gasteiger partial charge on any atom is 0.496 e. The molecule has 1 aromatic heterocycles. The predicted octanol–water partition coefficient (Wildman–Crippen LogP) is 1.61. The molecule has 0 bridgehead atoms. The highest BCUT2D eigenvalue weighted by Crippen LogP contribution is 2.38. The van der Waals surface area contributed by atoms with Gasteiger partial charge in [-0.25, -0.2) is 4.98 Å². The van der Waals surface area contributed by atoms with Gasteiger partial charge in [-0.05, 0) is 41.5 Å². The highest BCUT2D eigenvalue weighted by molar-refractivity contribution is 6.62. The van der Waals surface area contributed by atoms with Crippen molar-refractivity contribution in [2.45, 2.75) is 58.2 Å². The van der Waals surface area contributed by atoms with Crippen molar-refractivity contribution in [1.29, 1.82) is 0 Å². The summed E-state index contributed by atoms with van der Waals surface area (Å²) in [4.78, 5) is 16.3. The maximum atomic E-state index is 12.0. The van der Waals surface area contributed by atoms with Gasteiger partial charge < -0.3 is 14.6 Å². The summed E-state index contributed by atoms with van der Waals surface area (Å²) in [7, 11) is -0.459. The molecule has 0 saturated carbocycles. The van der Waals surface area contributed by atoms with Crippen LogP contribution in [0.15, 0.2) is 12.3 Å². The molecule has 2 aliphatic rings. The van der Waals surface area contributed by atoms with Crippen LogP contribution in [-0.4, -0.2) is 29.2 Å². The summed E-state index contributed by atoms with van der Waals surface area (Å²) in [5.74, 6) is 0.598. The van der Waals surface area contributed by atoms with Crippen molar-refractivity contribution < 1.29 is 14.1 Å². The Morgan fingerprint density at radius 2 is 1.67 bits per heavy atom. The number of fused-ring (bicyclic) bond motifs is 1. The molecule has 1 aromatic rings. The van der Waals surface area contributed by atoms with E-state index in [1.165, 1.54) is 0 Å². The van der Waals surface area contributed by atoms with E-state index in [0.29, 0.717) is 5.82 Å². The van der Waals surface area contributed by atoms with Gasteiger partial charge in [0.15, 0.2) is 0 Å². The molecule has 0 unspecified atom stereocenters. The molecule has 1 N–H and O–H groups in total. The van der Waals surface area contributed by atoms with Crippen LogP contribution in [0.3, 0.4) is 0 Å². The monoisotopic (exact) mass is 288 g/mol. The third-order valence-corrected chi connectivity index (χ3v) is 4.91. The highest BCUT2D eigenvalue weighted by atomic mass is 16.7. The van der Waals surface area contributed by atoms with Crippen LogP contribution in [0, 0.1) is 0 Å². The van der Waals surface area contributed by atoms with Crippen LogP contribution in [0.25, 0.3) is 0 Å². The van der Waals surface area contributed by atoms with E-state index in [9.17, 15) is 4.79 Å². The molecule has 0 spiro atoms. The predicted molar refractivity (Wildman–Crippen MR) is 81.6 cm³/mol. The molecule has 5 nitrogen and oxygen atoms in total. The number of hydrogen-bond acceptors (Lipinski definition) is 4. The second-order valence-electron chi connectivity index (χ2n) is 7.33. The van der Waals surface area contributed by atoms with E-state index in [2.05, 4.69) is 10.3 Å². The van der Waals surface area contributed by atoms with Gasteiger partial charge in [0.2, 0.25) is 5.91 Å². The van der Waals surface area contributed by atoms with Crippen LogP contribution in [0.4, 0.5) is 5.82 Å². The van der Waals surface area contributed by atoms with Gasteiger partial charge in [0.1, 0.15) is 5.82 Å².